The average molecular weight is 237 g/mol. The third-order valence-corrected chi connectivity index (χ3v) is 2.22. The Hall–Kier alpha value is -1.57. The Labute approximate surface area is 83.7 Å². The molecule has 0 spiro atoms. The van der Waals surface area contributed by atoms with Gasteiger partial charge in [0.25, 0.3) is 5.69 Å². The molecule has 0 N–H and O–H groups in total. The summed E-state index contributed by atoms with van der Waals surface area (Å²) in [6.45, 7) is 0. The molecular weight excluding hydrogens is 232 g/mol. The molecule has 0 heterocycles. The summed E-state index contributed by atoms with van der Waals surface area (Å²) in [6, 6.07) is 2.27. The molecule has 0 atom stereocenters. The maximum atomic E-state index is 12.9. The highest BCUT2D eigenvalue weighted by atomic mass is 32.3. The van der Waals surface area contributed by atoms with E-state index in [1.807, 2.05) is 0 Å². The van der Waals surface area contributed by atoms with Crippen molar-refractivity contribution in [3.05, 3.63) is 39.7 Å². The van der Waals surface area contributed by atoms with Crippen molar-refractivity contribution in [3.8, 4) is 0 Å². The first-order chi connectivity index (χ1) is 6.79. The summed E-state index contributed by atoms with van der Waals surface area (Å²) >= 11 is 0. The molecule has 1 rings (SSSR count). The zero-order chi connectivity index (χ0) is 11.6. The summed E-state index contributed by atoms with van der Waals surface area (Å²) < 4.78 is 45.6. The Bertz CT molecular complexity index is 500. The van der Waals surface area contributed by atoms with Gasteiger partial charge in [-0.05, 0) is 6.07 Å². The van der Waals surface area contributed by atoms with Crippen LogP contribution in [0.1, 0.15) is 5.56 Å². The van der Waals surface area contributed by atoms with Crippen LogP contribution in [-0.2, 0) is 16.0 Å². The van der Waals surface area contributed by atoms with Crippen molar-refractivity contribution in [2.24, 2.45) is 0 Å². The number of benzene rings is 1. The zero-order valence-electron chi connectivity index (χ0n) is 7.18. The predicted molar refractivity (Wildman–Crippen MR) is 46.8 cm³/mol. The molecule has 0 saturated carbocycles. The first-order valence-corrected chi connectivity index (χ1v) is 5.20. The van der Waals surface area contributed by atoms with Crippen LogP contribution in [0.3, 0.4) is 0 Å². The second-order valence-electron chi connectivity index (χ2n) is 2.72. The monoisotopic (exact) mass is 237 g/mol. The van der Waals surface area contributed by atoms with Crippen LogP contribution in [0.25, 0.3) is 0 Å². The second kappa shape index (κ2) is 3.89. The number of nitrogens with zero attached hydrogens (tertiary/aromatic N) is 1. The maximum absolute atomic E-state index is 12.9. The standard InChI is InChI=1S/C7H5F2NO4S/c8-7-2-1-6(10(11)12)3-5(7)4-15(9,13)14/h1-3H,4H2. The molecule has 0 aliphatic heterocycles. The molecule has 0 fully saturated rings. The smallest absolute Gasteiger partial charge is 0.258 e. The highest BCUT2D eigenvalue weighted by Crippen LogP contribution is 2.19. The van der Waals surface area contributed by atoms with E-state index in [0.717, 1.165) is 12.1 Å². The first kappa shape index (κ1) is 11.5. The summed E-state index contributed by atoms with van der Waals surface area (Å²) in [6.07, 6.45) is 0. The molecule has 15 heavy (non-hydrogen) atoms. The molecule has 1 aromatic carbocycles. The molecule has 0 bridgehead atoms. The van der Waals surface area contributed by atoms with Gasteiger partial charge in [-0.2, -0.15) is 8.42 Å². The number of hydrogen-bond acceptors (Lipinski definition) is 4. The van der Waals surface area contributed by atoms with Gasteiger partial charge in [0, 0.05) is 17.7 Å². The lowest BCUT2D eigenvalue weighted by molar-refractivity contribution is -0.385. The minimum absolute atomic E-state index is 0.491. The molecule has 0 amide bonds. The molecule has 0 saturated heterocycles. The van der Waals surface area contributed by atoms with Gasteiger partial charge >= 0.3 is 10.2 Å². The fourth-order valence-corrected chi connectivity index (χ4v) is 1.56. The molecule has 1 aromatic rings. The van der Waals surface area contributed by atoms with Gasteiger partial charge in [0.2, 0.25) is 0 Å². The molecule has 0 aromatic heterocycles. The quantitative estimate of drug-likeness (QED) is 0.453. The molecule has 8 heteroatoms. The number of non-ortho nitro benzene ring substituents is 1. The van der Waals surface area contributed by atoms with Gasteiger partial charge in [-0.1, -0.05) is 0 Å². The van der Waals surface area contributed by atoms with Crippen molar-refractivity contribution in [2.45, 2.75) is 5.75 Å². The van der Waals surface area contributed by atoms with Gasteiger partial charge in [-0.3, -0.25) is 10.1 Å². The van der Waals surface area contributed by atoms with Crippen LogP contribution in [0, 0.1) is 15.9 Å². The number of hydrogen-bond donors (Lipinski definition) is 0. The molecule has 5 nitrogen and oxygen atoms in total. The summed E-state index contributed by atoms with van der Waals surface area (Å²) in [5.41, 5.74) is -1.05. The highest BCUT2D eigenvalue weighted by molar-refractivity contribution is 7.85. The lowest BCUT2D eigenvalue weighted by Gasteiger charge is -1.99. The third-order valence-electron chi connectivity index (χ3n) is 1.57. The lowest BCUT2D eigenvalue weighted by Crippen LogP contribution is -2.00. The molecule has 0 aliphatic rings. The van der Waals surface area contributed by atoms with Crippen molar-refractivity contribution in [2.75, 3.05) is 0 Å². The fraction of sp³-hybridized carbons (Fsp3) is 0.143. The molecular formula is C7H5F2NO4S. The summed E-state index contributed by atoms with van der Waals surface area (Å²) in [4.78, 5) is 9.44. The van der Waals surface area contributed by atoms with E-state index in [4.69, 9.17) is 0 Å². The Kier molecular flexibility index (Phi) is 2.98. The minimum atomic E-state index is -4.90. The van der Waals surface area contributed by atoms with Crippen LogP contribution in [-0.4, -0.2) is 13.3 Å². The predicted octanol–water partition coefficient (Wildman–Crippen LogP) is 1.53. The van der Waals surface area contributed by atoms with E-state index < -0.39 is 38.0 Å². The SMILES string of the molecule is O=[N+]([O-])c1ccc(F)c(CS(=O)(=O)F)c1. The molecule has 82 valence electrons. The van der Waals surface area contributed by atoms with Crippen LogP contribution in [0.4, 0.5) is 14.0 Å². The van der Waals surface area contributed by atoms with Gasteiger partial charge in [-0.25, -0.2) is 4.39 Å². The van der Waals surface area contributed by atoms with Crippen molar-refractivity contribution in [1.82, 2.24) is 0 Å². The van der Waals surface area contributed by atoms with Crippen molar-refractivity contribution < 1.29 is 21.6 Å². The average Bonchev–Trinajstić information content (AvgIpc) is 2.06. The number of nitro benzene ring substituents is 1. The zero-order valence-corrected chi connectivity index (χ0v) is 8.00. The topological polar surface area (TPSA) is 77.3 Å². The normalized spacial score (nSPS) is 11.3. The molecule has 0 aliphatic carbocycles. The van der Waals surface area contributed by atoms with Gasteiger partial charge in [0.1, 0.15) is 11.6 Å². The summed E-state index contributed by atoms with van der Waals surface area (Å²) in [7, 11) is -4.90. The van der Waals surface area contributed by atoms with Gasteiger partial charge in [-0.15, -0.1) is 3.89 Å². The Morgan fingerprint density at radius 1 is 1.40 bits per heavy atom. The van der Waals surface area contributed by atoms with Crippen LogP contribution in [0.5, 0.6) is 0 Å². The third kappa shape index (κ3) is 3.24. The Morgan fingerprint density at radius 3 is 2.47 bits per heavy atom. The second-order valence-corrected chi connectivity index (χ2v) is 4.08. The number of halogens is 2. The Balaban J connectivity index is 3.17. The van der Waals surface area contributed by atoms with Crippen LogP contribution < -0.4 is 0 Å². The van der Waals surface area contributed by atoms with Gasteiger partial charge < -0.3 is 0 Å². The van der Waals surface area contributed by atoms with Crippen LogP contribution in [0.2, 0.25) is 0 Å². The highest BCUT2D eigenvalue weighted by Gasteiger charge is 2.16. The Morgan fingerprint density at radius 2 is 2.00 bits per heavy atom. The largest absolute Gasteiger partial charge is 0.306 e. The van der Waals surface area contributed by atoms with Crippen LogP contribution in [0.15, 0.2) is 18.2 Å². The molecule has 0 radical (unpaired) electrons. The van der Waals surface area contributed by atoms with E-state index in [-0.39, 0.29) is 0 Å². The van der Waals surface area contributed by atoms with Gasteiger partial charge in [0.15, 0.2) is 0 Å². The van der Waals surface area contributed by atoms with E-state index in [9.17, 15) is 26.8 Å². The van der Waals surface area contributed by atoms with Crippen LogP contribution >= 0.6 is 0 Å². The van der Waals surface area contributed by atoms with Gasteiger partial charge in [0.05, 0.1) is 4.92 Å². The van der Waals surface area contributed by atoms with E-state index in [1.165, 1.54) is 0 Å². The van der Waals surface area contributed by atoms with Crippen molar-refractivity contribution in [3.63, 3.8) is 0 Å². The lowest BCUT2D eigenvalue weighted by atomic mass is 10.2. The number of rotatable bonds is 3. The number of nitro groups is 1. The maximum Gasteiger partial charge on any atom is 0.306 e. The molecule has 0 unspecified atom stereocenters. The van der Waals surface area contributed by atoms with E-state index in [0.29, 0.717) is 6.07 Å². The van der Waals surface area contributed by atoms with Crippen molar-refractivity contribution >= 4 is 15.9 Å². The van der Waals surface area contributed by atoms with E-state index >= 15 is 0 Å². The summed E-state index contributed by atoms with van der Waals surface area (Å²) in [5.74, 6) is -2.21. The van der Waals surface area contributed by atoms with Crippen molar-refractivity contribution in [1.29, 1.82) is 0 Å². The minimum Gasteiger partial charge on any atom is -0.258 e. The van der Waals surface area contributed by atoms with E-state index in [2.05, 4.69) is 0 Å². The first-order valence-electron chi connectivity index (χ1n) is 3.65. The fourth-order valence-electron chi connectivity index (χ4n) is 0.971. The van der Waals surface area contributed by atoms with E-state index in [1.54, 1.807) is 0 Å². The summed E-state index contributed by atoms with van der Waals surface area (Å²) in [5, 5.41) is 10.3.